The molecular formula is C28H33N5O3. The van der Waals surface area contributed by atoms with E-state index in [1.54, 1.807) is 24.3 Å². The Morgan fingerprint density at radius 1 is 1.00 bits per heavy atom. The van der Waals surface area contributed by atoms with E-state index < -0.39 is 0 Å². The zero-order valence-corrected chi connectivity index (χ0v) is 21.1. The number of rotatable bonds is 7. The molecule has 1 saturated heterocycles. The van der Waals surface area contributed by atoms with Gasteiger partial charge in [0, 0.05) is 49.9 Å². The Morgan fingerprint density at radius 2 is 1.67 bits per heavy atom. The highest BCUT2D eigenvalue weighted by Crippen LogP contribution is 2.28. The van der Waals surface area contributed by atoms with Crippen LogP contribution in [0.2, 0.25) is 0 Å². The number of amides is 3. The Kier molecular flexibility index (Phi) is 7.83. The topological polar surface area (TPSA) is 94.6 Å². The Hall–Kier alpha value is -3.94. The summed E-state index contributed by atoms with van der Waals surface area (Å²) >= 11 is 0. The minimum absolute atomic E-state index is 0.0775. The second-order valence-corrected chi connectivity index (χ2v) is 9.05. The SMILES string of the molecule is CCN(CC)C(=O)C1CCCN(c2cc(C(=O)Nc3ccc(NC(C)=O)cc3)c3ccccc3n2)C1. The first-order valence-electron chi connectivity index (χ1n) is 12.5. The van der Waals surface area contributed by atoms with E-state index in [9.17, 15) is 14.4 Å². The summed E-state index contributed by atoms with van der Waals surface area (Å²) in [7, 11) is 0. The Morgan fingerprint density at radius 3 is 2.33 bits per heavy atom. The minimum atomic E-state index is -0.241. The smallest absolute Gasteiger partial charge is 0.256 e. The molecule has 1 unspecified atom stereocenters. The Labute approximate surface area is 211 Å². The zero-order chi connectivity index (χ0) is 25.7. The summed E-state index contributed by atoms with van der Waals surface area (Å²) in [5.41, 5.74) is 2.55. The summed E-state index contributed by atoms with van der Waals surface area (Å²) in [4.78, 5) is 46.5. The van der Waals surface area contributed by atoms with Crippen LogP contribution < -0.4 is 15.5 Å². The third-order valence-corrected chi connectivity index (χ3v) is 6.58. The van der Waals surface area contributed by atoms with Crippen LogP contribution in [0.4, 0.5) is 17.2 Å². The summed E-state index contributed by atoms with van der Waals surface area (Å²) < 4.78 is 0. The maximum absolute atomic E-state index is 13.4. The van der Waals surface area contributed by atoms with Gasteiger partial charge in [0.1, 0.15) is 5.82 Å². The van der Waals surface area contributed by atoms with E-state index in [0.717, 1.165) is 30.3 Å². The highest BCUT2D eigenvalue weighted by Gasteiger charge is 2.29. The molecule has 36 heavy (non-hydrogen) atoms. The van der Waals surface area contributed by atoms with Crippen LogP contribution in [0.15, 0.2) is 54.6 Å². The summed E-state index contributed by atoms with van der Waals surface area (Å²) in [6.07, 6.45) is 1.76. The molecule has 0 radical (unpaired) electrons. The molecule has 3 amide bonds. The number of nitrogens with zero attached hydrogens (tertiary/aromatic N) is 3. The van der Waals surface area contributed by atoms with Crippen molar-refractivity contribution in [2.24, 2.45) is 5.92 Å². The highest BCUT2D eigenvalue weighted by atomic mass is 16.2. The first-order valence-corrected chi connectivity index (χ1v) is 12.5. The number of fused-ring (bicyclic) bond motifs is 1. The number of para-hydroxylation sites is 1. The number of hydrogen-bond donors (Lipinski definition) is 2. The molecule has 1 fully saturated rings. The van der Waals surface area contributed by atoms with Crippen molar-refractivity contribution in [1.82, 2.24) is 9.88 Å². The van der Waals surface area contributed by atoms with E-state index in [1.165, 1.54) is 6.92 Å². The van der Waals surface area contributed by atoms with Crippen molar-refractivity contribution in [2.75, 3.05) is 41.7 Å². The minimum Gasteiger partial charge on any atom is -0.356 e. The number of nitrogens with one attached hydrogen (secondary N) is 2. The predicted octanol–water partition coefficient (Wildman–Crippen LogP) is 4.53. The van der Waals surface area contributed by atoms with Crippen LogP contribution in [0.1, 0.15) is 44.0 Å². The lowest BCUT2D eigenvalue weighted by Gasteiger charge is -2.35. The van der Waals surface area contributed by atoms with E-state index in [1.807, 2.05) is 49.1 Å². The van der Waals surface area contributed by atoms with Crippen molar-refractivity contribution in [3.05, 3.63) is 60.2 Å². The fraction of sp³-hybridized carbons (Fsp3) is 0.357. The van der Waals surface area contributed by atoms with Gasteiger partial charge in [-0.25, -0.2) is 4.98 Å². The van der Waals surface area contributed by atoms with Crippen molar-refractivity contribution in [1.29, 1.82) is 0 Å². The van der Waals surface area contributed by atoms with Crippen molar-refractivity contribution < 1.29 is 14.4 Å². The summed E-state index contributed by atoms with van der Waals surface area (Å²) in [6, 6.07) is 16.4. The van der Waals surface area contributed by atoms with Crippen molar-refractivity contribution >= 4 is 45.8 Å². The molecule has 188 valence electrons. The maximum Gasteiger partial charge on any atom is 0.256 e. The number of carbonyl (C=O) groups excluding carboxylic acids is 3. The van der Waals surface area contributed by atoms with Crippen molar-refractivity contribution in [3.63, 3.8) is 0 Å². The quantitative estimate of drug-likeness (QED) is 0.511. The second-order valence-electron chi connectivity index (χ2n) is 9.05. The average Bonchev–Trinajstić information content (AvgIpc) is 2.89. The van der Waals surface area contributed by atoms with Gasteiger partial charge in [-0.3, -0.25) is 14.4 Å². The lowest BCUT2D eigenvalue weighted by atomic mass is 9.96. The summed E-state index contributed by atoms with van der Waals surface area (Å²) in [6.45, 7) is 8.25. The van der Waals surface area contributed by atoms with Gasteiger partial charge in [0.15, 0.2) is 0 Å². The van der Waals surface area contributed by atoms with Crippen LogP contribution in [-0.2, 0) is 9.59 Å². The maximum atomic E-state index is 13.4. The van der Waals surface area contributed by atoms with Gasteiger partial charge >= 0.3 is 0 Å². The van der Waals surface area contributed by atoms with E-state index in [4.69, 9.17) is 4.98 Å². The Bertz CT molecular complexity index is 1250. The van der Waals surface area contributed by atoms with Gasteiger partial charge in [-0.2, -0.15) is 0 Å². The number of piperidine rings is 1. The van der Waals surface area contributed by atoms with Gasteiger partial charge < -0.3 is 20.4 Å². The normalized spacial score (nSPS) is 15.4. The largest absolute Gasteiger partial charge is 0.356 e. The molecule has 0 bridgehead atoms. The molecule has 2 aromatic carbocycles. The molecule has 2 heterocycles. The van der Waals surface area contributed by atoms with Gasteiger partial charge in [0.25, 0.3) is 5.91 Å². The van der Waals surface area contributed by atoms with Crippen LogP contribution in [0.3, 0.4) is 0 Å². The molecule has 0 saturated carbocycles. The molecule has 2 N–H and O–H groups in total. The molecule has 8 heteroatoms. The molecule has 8 nitrogen and oxygen atoms in total. The molecular weight excluding hydrogens is 454 g/mol. The van der Waals surface area contributed by atoms with E-state index in [0.29, 0.717) is 42.4 Å². The number of benzene rings is 2. The lowest BCUT2D eigenvalue weighted by molar-refractivity contribution is -0.135. The molecule has 1 aliphatic heterocycles. The van der Waals surface area contributed by atoms with Crippen LogP contribution in [-0.4, -0.2) is 53.8 Å². The molecule has 4 rings (SSSR count). The standard InChI is InChI=1S/C28H33N5O3/c1-4-32(5-2)28(36)20-9-8-16-33(18-20)26-17-24(23-10-6-7-11-25(23)31-26)27(35)30-22-14-12-21(13-15-22)29-19(3)34/h6-7,10-15,17,20H,4-5,8-9,16,18H2,1-3H3,(H,29,34)(H,30,35). The van der Waals surface area contributed by atoms with Crippen LogP contribution in [0, 0.1) is 5.92 Å². The van der Waals surface area contributed by atoms with Crippen LogP contribution in [0.25, 0.3) is 10.9 Å². The van der Waals surface area contributed by atoms with Gasteiger partial charge in [0.05, 0.1) is 17.0 Å². The third-order valence-electron chi connectivity index (χ3n) is 6.58. The zero-order valence-electron chi connectivity index (χ0n) is 21.1. The fourth-order valence-electron chi connectivity index (χ4n) is 4.73. The van der Waals surface area contributed by atoms with Crippen LogP contribution >= 0.6 is 0 Å². The number of carbonyl (C=O) groups is 3. The highest BCUT2D eigenvalue weighted by molar-refractivity contribution is 6.13. The predicted molar refractivity (Wildman–Crippen MR) is 143 cm³/mol. The van der Waals surface area contributed by atoms with E-state index in [2.05, 4.69) is 15.5 Å². The first-order chi connectivity index (χ1) is 17.4. The van der Waals surface area contributed by atoms with Crippen molar-refractivity contribution in [3.8, 4) is 0 Å². The monoisotopic (exact) mass is 487 g/mol. The molecule has 1 atom stereocenters. The molecule has 3 aromatic rings. The van der Waals surface area contributed by atoms with Gasteiger partial charge in [0.2, 0.25) is 11.8 Å². The van der Waals surface area contributed by atoms with Crippen LogP contribution in [0.5, 0.6) is 0 Å². The first kappa shape index (κ1) is 25.2. The Balaban J connectivity index is 1.60. The van der Waals surface area contributed by atoms with Gasteiger partial charge in [-0.15, -0.1) is 0 Å². The molecule has 0 aliphatic carbocycles. The second kappa shape index (κ2) is 11.2. The van der Waals surface area contributed by atoms with Gasteiger partial charge in [-0.1, -0.05) is 18.2 Å². The molecule has 1 aromatic heterocycles. The molecule has 1 aliphatic rings. The third kappa shape index (κ3) is 5.64. The number of aromatic nitrogens is 1. The van der Waals surface area contributed by atoms with E-state index in [-0.39, 0.29) is 23.6 Å². The summed E-state index contributed by atoms with van der Waals surface area (Å²) in [5.74, 6) is 0.422. The van der Waals surface area contributed by atoms with E-state index >= 15 is 0 Å². The number of pyridine rings is 1. The molecule has 0 spiro atoms. The number of anilines is 3. The number of hydrogen-bond acceptors (Lipinski definition) is 5. The fourth-order valence-corrected chi connectivity index (χ4v) is 4.73. The van der Waals surface area contributed by atoms with Crippen molar-refractivity contribution in [2.45, 2.75) is 33.6 Å². The lowest BCUT2D eigenvalue weighted by Crippen LogP contribution is -2.45. The summed E-state index contributed by atoms with van der Waals surface area (Å²) in [5, 5.41) is 6.44. The van der Waals surface area contributed by atoms with Gasteiger partial charge in [-0.05, 0) is 63.1 Å². The average molecular weight is 488 g/mol.